The fraction of sp³-hybridized carbons (Fsp3) is 0.500. The first-order valence-electron chi connectivity index (χ1n) is 7.65. The van der Waals surface area contributed by atoms with E-state index in [9.17, 15) is 4.79 Å². The van der Waals surface area contributed by atoms with Gasteiger partial charge in [-0.3, -0.25) is 14.4 Å². The third kappa shape index (κ3) is 3.39. The molecule has 2 aromatic rings. The first-order valence-corrected chi connectivity index (χ1v) is 7.65. The van der Waals surface area contributed by atoms with Gasteiger partial charge in [-0.25, -0.2) is 0 Å². The highest BCUT2D eigenvalue weighted by Gasteiger charge is 2.22. The summed E-state index contributed by atoms with van der Waals surface area (Å²) in [6.45, 7) is 8.35. The number of furan rings is 1. The second-order valence-electron chi connectivity index (χ2n) is 5.82. The highest BCUT2D eigenvalue weighted by molar-refractivity contribution is 5.76. The van der Waals surface area contributed by atoms with Crippen molar-refractivity contribution in [3.63, 3.8) is 0 Å². The number of carbonyl (C=O) groups is 1. The highest BCUT2D eigenvalue weighted by Crippen LogP contribution is 2.10. The topological polar surface area (TPSA) is 54.5 Å². The van der Waals surface area contributed by atoms with Gasteiger partial charge >= 0.3 is 0 Å². The maximum atomic E-state index is 12.4. The molecule has 1 saturated heterocycles. The summed E-state index contributed by atoms with van der Waals surface area (Å²) in [7, 11) is 0. The van der Waals surface area contributed by atoms with Crippen LogP contribution in [-0.2, 0) is 17.9 Å². The van der Waals surface area contributed by atoms with Gasteiger partial charge in [0.15, 0.2) is 0 Å². The van der Waals surface area contributed by atoms with Gasteiger partial charge in [-0.15, -0.1) is 0 Å². The Morgan fingerprint density at radius 2 is 2.05 bits per heavy atom. The van der Waals surface area contributed by atoms with Gasteiger partial charge in [0.05, 0.1) is 18.5 Å². The summed E-state index contributed by atoms with van der Waals surface area (Å²) < 4.78 is 7.16. The number of amides is 1. The molecule has 1 amide bonds. The zero-order valence-electron chi connectivity index (χ0n) is 13.2. The minimum absolute atomic E-state index is 0.142. The van der Waals surface area contributed by atoms with Crippen LogP contribution in [0.15, 0.2) is 28.9 Å². The summed E-state index contributed by atoms with van der Waals surface area (Å²) in [5.41, 5.74) is 1.98. The lowest BCUT2D eigenvalue weighted by Gasteiger charge is -2.34. The third-order valence-corrected chi connectivity index (χ3v) is 4.07. The molecule has 0 aliphatic carbocycles. The van der Waals surface area contributed by atoms with Crippen molar-refractivity contribution >= 4 is 5.91 Å². The number of hydrogen-bond donors (Lipinski definition) is 0. The normalized spacial score (nSPS) is 16.2. The molecule has 0 spiro atoms. The van der Waals surface area contributed by atoms with Gasteiger partial charge in [-0.2, -0.15) is 5.10 Å². The van der Waals surface area contributed by atoms with Crippen molar-refractivity contribution in [3.8, 4) is 0 Å². The number of aryl methyl sites for hydroxylation is 2. The Balaban J connectivity index is 1.50. The van der Waals surface area contributed by atoms with E-state index in [1.54, 1.807) is 10.9 Å². The molecule has 0 aromatic carbocycles. The van der Waals surface area contributed by atoms with Crippen molar-refractivity contribution in [2.24, 2.45) is 0 Å². The molecule has 1 fully saturated rings. The Morgan fingerprint density at radius 3 is 2.64 bits per heavy atom. The quantitative estimate of drug-likeness (QED) is 0.857. The van der Waals surface area contributed by atoms with Crippen LogP contribution in [0.4, 0.5) is 0 Å². The number of nitrogens with zero attached hydrogens (tertiary/aromatic N) is 4. The summed E-state index contributed by atoms with van der Waals surface area (Å²) in [5, 5.41) is 4.36. The van der Waals surface area contributed by atoms with E-state index in [-0.39, 0.29) is 5.91 Å². The maximum absolute atomic E-state index is 12.4. The molecular formula is C16H22N4O2. The van der Waals surface area contributed by atoms with Gasteiger partial charge in [0.25, 0.3) is 0 Å². The zero-order chi connectivity index (χ0) is 15.5. The van der Waals surface area contributed by atoms with E-state index in [0.29, 0.717) is 6.54 Å². The predicted octanol–water partition coefficient (Wildman–Crippen LogP) is 1.44. The van der Waals surface area contributed by atoms with Crippen LogP contribution < -0.4 is 0 Å². The first-order chi connectivity index (χ1) is 10.6. The van der Waals surface area contributed by atoms with Crippen molar-refractivity contribution in [1.29, 1.82) is 0 Å². The average molecular weight is 302 g/mol. The average Bonchev–Trinajstić information content (AvgIpc) is 3.10. The molecule has 2 aromatic heterocycles. The Bertz CT molecular complexity index is 625. The van der Waals surface area contributed by atoms with Crippen molar-refractivity contribution in [1.82, 2.24) is 19.6 Å². The molecule has 3 rings (SSSR count). The maximum Gasteiger partial charge on any atom is 0.244 e. The molecule has 0 unspecified atom stereocenters. The van der Waals surface area contributed by atoms with Crippen molar-refractivity contribution < 1.29 is 9.21 Å². The molecule has 6 nitrogen and oxygen atoms in total. The SMILES string of the molecule is Cc1cc(C)n(CC(=O)N2CCN(Cc3ccco3)CC2)n1. The fourth-order valence-corrected chi connectivity index (χ4v) is 2.84. The van der Waals surface area contributed by atoms with Gasteiger partial charge in [-0.1, -0.05) is 0 Å². The standard InChI is InChI=1S/C16H22N4O2/c1-13-10-14(2)20(17-13)12-16(21)19-7-5-18(6-8-19)11-15-4-3-9-22-15/h3-4,9-10H,5-8,11-12H2,1-2H3. The smallest absolute Gasteiger partial charge is 0.244 e. The van der Waals surface area contributed by atoms with Crippen molar-refractivity contribution in [3.05, 3.63) is 41.6 Å². The predicted molar refractivity (Wildman–Crippen MR) is 82.3 cm³/mol. The zero-order valence-corrected chi connectivity index (χ0v) is 13.2. The summed E-state index contributed by atoms with van der Waals surface area (Å²) in [6, 6.07) is 5.89. The molecule has 0 bridgehead atoms. The number of carbonyl (C=O) groups excluding carboxylic acids is 1. The van der Waals surface area contributed by atoms with Crippen LogP contribution in [0.1, 0.15) is 17.1 Å². The molecular weight excluding hydrogens is 280 g/mol. The van der Waals surface area contributed by atoms with E-state index >= 15 is 0 Å². The van der Waals surface area contributed by atoms with Gasteiger partial charge in [0.1, 0.15) is 12.3 Å². The molecule has 22 heavy (non-hydrogen) atoms. The molecule has 1 aliphatic rings. The van der Waals surface area contributed by atoms with E-state index in [2.05, 4.69) is 10.00 Å². The summed E-state index contributed by atoms with van der Waals surface area (Å²) in [5.74, 6) is 1.12. The van der Waals surface area contributed by atoms with Crippen LogP contribution >= 0.6 is 0 Å². The fourth-order valence-electron chi connectivity index (χ4n) is 2.84. The highest BCUT2D eigenvalue weighted by atomic mass is 16.3. The van der Waals surface area contributed by atoms with Gasteiger partial charge in [0.2, 0.25) is 5.91 Å². The minimum atomic E-state index is 0.142. The second kappa shape index (κ2) is 6.36. The largest absolute Gasteiger partial charge is 0.468 e. The summed E-state index contributed by atoms with van der Waals surface area (Å²) >= 11 is 0. The minimum Gasteiger partial charge on any atom is -0.468 e. The van der Waals surface area contributed by atoms with Crippen LogP contribution in [0.5, 0.6) is 0 Å². The Hall–Kier alpha value is -2.08. The van der Waals surface area contributed by atoms with Crippen molar-refractivity contribution in [2.45, 2.75) is 26.9 Å². The number of hydrogen-bond acceptors (Lipinski definition) is 4. The van der Waals surface area contributed by atoms with E-state index in [1.165, 1.54) is 0 Å². The van der Waals surface area contributed by atoms with Crippen LogP contribution in [0, 0.1) is 13.8 Å². The third-order valence-electron chi connectivity index (χ3n) is 4.07. The molecule has 0 saturated carbocycles. The molecule has 1 aliphatic heterocycles. The van der Waals surface area contributed by atoms with E-state index in [4.69, 9.17) is 4.42 Å². The molecule has 0 radical (unpaired) electrons. The van der Waals surface area contributed by atoms with E-state index in [0.717, 1.165) is 49.9 Å². The van der Waals surface area contributed by atoms with Crippen molar-refractivity contribution in [2.75, 3.05) is 26.2 Å². The van der Waals surface area contributed by atoms with E-state index < -0.39 is 0 Å². The Labute approximate surface area is 130 Å². The number of aromatic nitrogens is 2. The van der Waals surface area contributed by atoms with Crippen LogP contribution in [0.2, 0.25) is 0 Å². The lowest BCUT2D eigenvalue weighted by atomic mass is 10.3. The molecule has 3 heterocycles. The summed E-state index contributed by atoms with van der Waals surface area (Å²) in [4.78, 5) is 16.6. The van der Waals surface area contributed by atoms with Gasteiger partial charge in [-0.05, 0) is 32.0 Å². The van der Waals surface area contributed by atoms with Crippen LogP contribution in [0.3, 0.4) is 0 Å². The molecule has 6 heteroatoms. The Morgan fingerprint density at radius 1 is 1.27 bits per heavy atom. The molecule has 0 N–H and O–H groups in total. The molecule has 0 atom stereocenters. The lowest BCUT2D eigenvalue weighted by Crippen LogP contribution is -2.49. The number of rotatable bonds is 4. The Kier molecular flexibility index (Phi) is 4.29. The second-order valence-corrected chi connectivity index (χ2v) is 5.82. The first kappa shape index (κ1) is 14.8. The van der Waals surface area contributed by atoms with E-state index in [1.807, 2.05) is 36.9 Å². The van der Waals surface area contributed by atoms with Crippen LogP contribution in [0.25, 0.3) is 0 Å². The summed E-state index contributed by atoms with van der Waals surface area (Å²) in [6.07, 6.45) is 1.70. The molecule has 118 valence electrons. The van der Waals surface area contributed by atoms with Crippen LogP contribution in [-0.4, -0.2) is 51.7 Å². The number of piperazine rings is 1. The monoisotopic (exact) mass is 302 g/mol. The lowest BCUT2D eigenvalue weighted by molar-refractivity contribution is -0.133. The van der Waals surface area contributed by atoms with Gasteiger partial charge in [0, 0.05) is 31.9 Å². The van der Waals surface area contributed by atoms with Gasteiger partial charge < -0.3 is 9.32 Å².